The molecule has 4 nitrogen and oxygen atoms in total. The molecule has 0 saturated heterocycles. The van der Waals surface area contributed by atoms with E-state index in [-0.39, 0.29) is 19.0 Å². The SMILES string of the molecule is Cc1cc(C)cc(C(=O)OCC(=O)NCCc2ccccc2F)c1. The summed E-state index contributed by atoms with van der Waals surface area (Å²) < 4.78 is 18.4. The van der Waals surface area contributed by atoms with Gasteiger partial charge in [-0.3, -0.25) is 4.79 Å². The lowest BCUT2D eigenvalue weighted by atomic mass is 10.1. The van der Waals surface area contributed by atoms with Crippen molar-refractivity contribution in [3.05, 3.63) is 70.5 Å². The summed E-state index contributed by atoms with van der Waals surface area (Å²) >= 11 is 0. The van der Waals surface area contributed by atoms with Gasteiger partial charge in [-0.25, -0.2) is 9.18 Å². The van der Waals surface area contributed by atoms with Gasteiger partial charge in [0.25, 0.3) is 5.91 Å². The van der Waals surface area contributed by atoms with E-state index >= 15 is 0 Å². The summed E-state index contributed by atoms with van der Waals surface area (Å²) in [6.07, 6.45) is 0.378. The number of benzene rings is 2. The number of rotatable bonds is 6. The van der Waals surface area contributed by atoms with Crippen molar-refractivity contribution in [2.45, 2.75) is 20.3 Å². The van der Waals surface area contributed by atoms with Crippen molar-refractivity contribution in [1.29, 1.82) is 0 Å². The average Bonchev–Trinajstić information content (AvgIpc) is 2.53. The largest absolute Gasteiger partial charge is 0.452 e. The lowest BCUT2D eigenvalue weighted by Crippen LogP contribution is -2.30. The summed E-state index contributed by atoms with van der Waals surface area (Å²) in [6.45, 7) is 3.70. The van der Waals surface area contributed by atoms with Gasteiger partial charge in [-0.05, 0) is 44.0 Å². The van der Waals surface area contributed by atoms with E-state index in [0.29, 0.717) is 17.5 Å². The molecule has 0 spiro atoms. The fraction of sp³-hybridized carbons (Fsp3) is 0.263. The second-order valence-corrected chi connectivity index (χ2v) is 5.64. The quantitative estimate of drug-likeness (QED) is 0.829. The fourth-order valence-electron chi connectivity index (χ4n) is 2.40. The zero-order valence-corrected chi connectivity index (χ0v) is 13.8. The molecule has 126 valence electrons. The van der Waals surface area contributed by atoms with E-state index < -0.39 is 11.9 Å². The van der Waals surface area contributed by atoms with E-state index in [2.05, 4.69) is 5.32 Å². The number of carbonyl (C=O) groups excluding carboxylic acids is 2. The first kappa shape index (κ1) is 17.7. The number of amides is 1. The number of aryl methyl sites for hydroxylation is 2. The van der Waals surface area contributed by atoms with Crippen LogP contribution >= 0.6 is 0 Å². The van der Waals surface area contributed by atoms with Gasteiger partial charge in [-0.2, -0.15) is 0 Å². The zero-order valence-electron chi connectivity index (χ0n) is 13.8. The van der Waals surface area contributed by atoms with E-state index in [0.717, 1.165) is 11.1 Å². The minimum Gasteiger partial charge on any atom is -0.452 e. The predicted octanol–water partition coefficient (Wildman–Crippen LogP) is 2.96. The van der Waals surface area contributed by atoms with Crippen LogP contribution in [0.1, 0.15) is 27.0 Å². The normalized spacial score (nSPS) is 10.3. The highest BCUT2D eigenvalue weighted by molar-refractivity contribution is 5.91. The Kier molecular flexibility index (Phi) is 6.07. The molecule has 0 heterocycles. The van der Waals surface area contributed by atoms with Crippen LogP contribution in [0.2, 0.25) is 0 Å². The molecule has 5 heteroatoms. The zero-order chi connectivity index (χ0) is 17.5. The van der Waals surface area contributed by atoms with Gasteiger partial charge < -0.3 is 10.1 Å². The molecule has 1 N–H and O–H groups in total. The molecule has 0 atom stereocenters. The molecule has 0 aromatic heterocycles. The Morgan fingerprint density at radius 3 is 2.42 bits per heavy atom. The Hall–Kier alpha value is -2.69. The van der Waals surface area contributed by atoms with E-state index in [1.54, 1.807) is 30.3 Å². The molecule has 0 bridgehead atoms. The summed E-state index contributed by atoms with van der Waals surface area (Å²) in [5.41, 5.74) is 2.87. The lowest BCUT2D eigenvalue weighted by molar-refractivity contribution is -0.124. The van der Waals surface area contributed by atoms with E-state index in [1.165, 1.54) is 6.07 Å². The third-order valence-electron chi connectivity index (χ3n) is 3.47. The highest BCUT2D eigenvalue weighted by atomic mass is 19.1. The molecule has 2 rings (SSSR count). The molecule has 0 radical (unpaired) electrons. The number of halogens is 1. The van der Waals surface area contributed by atoms with Crippen LogP contribution in [0.5, 0.6) is 0 Å². The summed E-state index contributed by atoms with van der Waals surface area (Å²) in [4.78, 5) is 23.6. The Morgan fingerprint density at radius 2 is 1.75 bits per heavy atom. The molecule has 2 aromatic carbocycles. The molecule has 24 heavy (non-hydrogen) atoms. The van der Waals surface area contributed by atoms with Crippen LogP contribution in [0.3, 0.4) is 0 Å². The number of hydrogen-bond acceptors (Lipinski definition) is 3. The van der Waals surface area contributed by atoms with Crippen LogP contribution in [-0.4, -0.2) is 25.0 Å². The van der Waals surface area contributed by atoms with Crippen molar-refractivity contribution in [3.63, 3.8) is 0 Å². The predicted molar refractivity (Wildman–Crippen MR) is 89.3 cm³/mol. The molecule has 0 aliphatic rings. The minimum atomic E-state index is -0.536. The lowest BCUT2D eigenvalue weighted by Gasteiger charge is -2.08. The van der Waals surface area contributed by atoms with Gasteiger partial charge in [0.1, 0.15) is 5.82 Å². The van der Waals surface area contributed by atoms with Gasteiger partial charge in [0.05, 0.1) is 5.56 Å². The second-order valence-electron chi connectivity index (χ2n) is 5.64. The van der Waals surface area contributed by atoms with Gasteiger partial charge in [0.2, 0.25) is 0 Å². The molecule has 0 saturated carbocycles. The number of nitrogens with one attached hydrogen (secondary N) is 1. The third-order valence-corrected chi connectivity index (χ3v) is 3.47. The van der Waals surface area contributed by atoms with Crippen molar-refractivity contribution in [2.24, 2.45) is 0 Å². The molecule has 1 amide bonds. The van der Waals surface area contributed by atoms with Crippen molar-refractivity contribution in [1.82, 2.24) is 5.32 Å². The number of carbonyl (C=O) groups is 2. The van der Waals surface area contributed by atoms with Crippen LogP contribution in [0.4, 0.5) is 4.39 Å². The van der Waals surface area contributed by atoms with Crippen molar-refractivity contribution < 1.29 is 18.7 Å². The van der Waals surface area contributed by atoms with Crippen molar-refractivity contribution >= 4 is 11.9 Å². The van der Waals surface area contributed by atoms with Crippen LogP contribution in [0, 0.1) is 19.7 Å². The maximum Gasteiger partial charge on any atom is 0.338 e. The number of esters is 1. The Labute approximate surface area is 140 Å². The number of hydrogen-bond donors (Lipinski definition) is 1. The topological polar surface area (TPSA) is 55.4 Å². The molecule has 0 fully saturated rings. The van der Waals surface area contributed by atoms with E-state index in [4.69, 9.17) is 4.74 Å². The molecule has 0 aliphatic carbocycles. The van der Waals surface area contributed by atoms with Crippen LogP contribution in [0.15, 0.2) is 42.5 Å². The first-order chi connectivity index (χ1) is 11.5. The van der Waals surface area contributed by atoms with Gasteiger partial charge >= 0.3 is 5.97 Å². The fourth-order valence-corrected chi connectivity index (χ4v) is 2.40. The van der Waals surface area contributed by atoms with Gasteiger partial charge in [0.15, 0.2) is 6.61 Å². The van der Waals surface area contributed by atoms with Gasteiger partial charge in [-0.1, -0.05) is 35.4 Å². The molecule has 2 aromatic rings. The van der Waals surface area contributed by atoms with Gasteiger partial charge in [-0.15, -0.1) is 0 Å². The Morgan fingerprint density at radius 1 is 1.08 bits per heavy atom. The Bertz CT molecular complexity index is 723. The van der Waals surface area contributed by atoms with Crippen molar-refractivity contribution in [3.8, 4) is 0 Å². The maximum atomic E-state index is 13.4. The first-order valence-corrected chi connectivity index (χ1v) is 7.71. The van der Waals surface area contributed by atoms with Crippen LogP contribution < -0.4 is 5.32 Å². The standard InChI is InChI=1S/C19H20FNO3/c1-13-9-14(2)11-16(10-13)19(23)24-12-18(22)21-8-7-15-5-3-4-6-17(15)20/h3-6,9-11H,7-8,12H2,1-2H3,(H,21,22). The van der Waals surface area contributed by atoms with Gasteiger partial charge in [0, 0.05) is 6.54 Å². The van der Waals surface area contributed by atoms with E-state index in [1.807, 2.05) is 19.9 Å². The summed E-state index contributed by atoms with van der Waals surface area (Å²) in [6, 6.07) is 11.8. The smallest absolute Gasteiger partial charge is 0.338 e. The monoisotopic (exact) mass is 329 g/mol. The number of ether oxygens (including phenoxy) is 1. The van der Waals surface area contributed by atoms with E-state index in [9.17, 15) is 14.0 Å². The highest BCUT2D eigenvalue weighted by Crippen LogP contribution is 2.10. The minimum absolute atomic E-state index is 0.279. The highest BCUT2D eigenvalue weighted by Gasteiger charge is 2.11. The Balaban J connectivity index is 1.76. The molecule has 0 unspecified atom stereocenters. The summed E-state index contributed by atoms with van der Waals surface area (Å²) in [5, 5.41) is 2.61. The van der Waals surface area contributed by atoms with Crippen molar-refractivity contribution in [2.75, 3.05) is 13.2 Å². The maximum absolute atomic E-state index is 13.4. The first-order valence-electron chi connectivity index (χ1n) is 7.71. The molecular weight excluding hydrogens is 309 g/mol. The summed E-state index contributed by atoms with van der Waals surface area (Å²) in [7, 11) is 0. The van der Waals surface area contributed by atoms with Crippen LogP contribution in [0.25, 0.3) is 0 Å². The van der Waals surface area contributed by atoms with Crippen LogP contribution in [-0.2, 0) is 16.0 Å². The third kappa shape index (κ3) is 5.19. The molecular formula is C19H20FNO3. The average molecular weight is 329 g/mol. The molecule has 0 aliphatic heterocycles. The summed E-state index contributed by atoms with van der Waals surface area (Å²) in [5.74, 6) is -1.25. The second kappa shape index (κ2) is 8.24.